The number of alkyl carbamates (subject to hydrolysis) is 1. The Morgan fingerprint density at radius 2 is 1.68 bits per heavy atom. The molecule has 9 nitrogen and oxygen atoms in total. The Hall–Kier alpha value is -1.97. The molecule has 1 aliphatic rings. The van der Waals surface area contributed by atoms with Crippen molar-refractivity contribution in [2.24, 2.45) is 11.8 Å². The third-order valence-corrected chi connectivity index (χ3v) is 5.49. The van der Waals surface area contributed by atoms with Crippen LogP contribution < -0.4 is 10.6 Å². The van der Waals surface area contributed by atoms with Gasteiger partial charge in [-0.05, 0) is 52.2 Å². The predicted octanol–water partition coefficient (Wildman–Crippen LogP) is 2.10. The zero-order valence-electron chi connectivity index (χ0n) is 19.4. The van der Waals surface area contributed by atoms with Gasteiger partial charge in [0.25, 0.3) is 0 Å². The van der Waals surface area contributed by atoms with Gasteiger partial charge in [0.1, 0.15) is 17.7 Å². The first kappa shape index (κ1) is 27.1. The molecule has 0 aromatic carbocycles. The molecule has 1 rings (SSSR count). The molecule has 31 heavy (non-hydrogen) atoms. The fourth-order valence-corrected chi connectivity index (χ4v) is 3.92. The van der Waals surface area contributed by atoms with Gasteiger partial charge in [-0.15, -0.1) is 0 Å². The van der Waals surface area contributed by atoms with Crippen LogP contribution in [0, 0.1) is 11.8 Å². The molecule has 1 aliphatic heterocycles. The van der Waals surface area contributed by atoms with Crippen LogP contribution in [0.15, 0.2) is 0 Å². The Bertz CT molecular complexity index is 642. The largest absolute Gasteiger partial charge is 0.480 e. The van der Waals surface area contributed by atoms with Crippen molar-refractivity contribution in [1.29, 1.82) is 0 Å². The van der Waals surface area contributed by atoms with Crippen LogP contribution in [-0.4, -0.2) is 76.7 Å². The lowest BCUT2D eigenvalue weighted by molar-refractivity contribution is -0.142. The molecule has 178 valence electrons. The summed E-state index contributed by atoms with van der Waals surface area (Å²) in [5.41, 5.74) is -0.661. The molecule has 0 saturated carbocycles. The van der Waals surface area contributed by atoms with E-state index in [1.807, 2.05) is 13.8 Å². The summed E-state index contributed by atoms with van der Waals surface area (Å²) in [4.78, 5) is 50.6. The van der Waals surface area contributed by atoms with Gasteiger partial charge in [0.15, 0.2) is 0 Å². The number of carbonyl (C=O) groups is 4. The van der Waals surface area contributed by atoms with Crippen molar-refractivity contribution in [2.45, 2.75) is 71.6 Å². The summed E-state index contributed by atoms with van der Waals surface area (Å²) in [6.45, 7) is 9.98. The van der Waals surface area contributed by atoms with Crippen LogP contribution in [0.3, 0.4) is 0 Å². The lowest BCUT2D eigenvalue weighted by Crippen LogP contribution is -2.53. The Labute approximate surface area is 189 Å². The van der Waals surface area contributed by atoms with E-state index in [1.165, 1.54) is 11.8 Å². The summed E-state index contributed by atoms with van der Waals surface area (Å²) in [5.74, 6) is -1.39. The Morgan fingerprint density at radius 1 is 1.10 bits per heavy atom. The molecule has 1 fully saturated rings. The molecule has 0 bridgehead atoms. The lowest BCUT2D eigenvalue weighted by atomic mass is 9.94. The average molecular weight is 460 g/mol. The summed E-state index contributed by atoms with van der Waals surface area (Å²) in [6, 6.07) is -1.62. The first-order valence-corrected chi connectivity index (χ1v) is 12.0. The van der Waals surface area contributed by atoms with Crippen molar-refractivity contribution in [3.05, 3.63) is 0 Å². The molecule has 1 heterocycles. The zero-order valence-corrected chi connectivity index (χ0v) is 20.2. The molecule has 10 heteroatoms. The highest BCUT2D eigenvalue weighted by molar-refractivity contribution is 7.98. The molecule has 0 aromatic heterocycles. The summed E-state index contributed by atoms with van der Waals surface area (Å²) in [6.07, 6.45) is 2.53. The molecule has 3 amide bonds. The highest BCUT2D eigenvalue weighted by atomic mass is 32.2. The van der Waals surface area contributed by atoms with Gasteiger partial charge < -0.3 is 25.4 Å². The van der Waals surface area contributed by atoms with Crippen LogP contribution in [0.25, 0.3) is 0 Å². The molecular weight excluding hydrogens is 422 g/mol. The van der Waals surface area contributed by atoms with E-state index < -0.39 is 29.7 Å². The number of carboxylic acid groups (broad SMARTS) is 1. The van der Waals surface area contributed by atoms with Crippen LogP contribution in [0.5, 0.6) is 0 Å². The number of amides is 3. The van der Waals surface area contributed by atoms with E-state index in [1.54, 1.807) is 31.9 Å². The van der Waals surface area contributed by atoms with Crippen molar-refractivity contribution >= 4 is 35.6 Å². The van der Waals surface area contributed by atoms with E-state index in [9.17, 15) is 24.3 Å². The van der Waals surface area contributed by atoms with Gasteiger partial charge in [0.05, 0.1) is 0 Å². The van der Waals surface area contributed by atoms with E-state index in [0.29, 0.717) is 38.1 Å². The van der Waals surface area contributed by atoms with Crippen LogP contribution in [0.2, 0.25) is 0 Å². The van der Waals surface area contributed by atoms with Crippen molar-refractivity contribution in [3.63, 3.8) is 0 Å². The van der Waals surface area contributed by atoms with Crippen molar-refractivity contribution < 1.29 is 29.0 Å². The lowest BCUT2D eigenvalue weighted by Gasteiger charge is -2.34. The van der Waals surface area contributed by atoms with Crippen LogP contribution in [0.4, 0.5) is 4.79 Å². The number of nitrogens with zero attached hydrogens (tertiary/aromatic N) is 1. The number of ether oxygens (including phenoxy) is 1. The standard InChI is InChI=1S/C21H37N3O6S/c1-13(2)11-15(23-20(29)30-21(3,4)5)18(26)24-9-7-14(8-10-24)17(25)22-16(12-31-6)19(27)28/h13-16H,7-12H2,1-6H3,(H,22,25)(H,23,29)(H,27,28)/t15-,16-/m0/s1. The van der Waals surface area contributed by atoms with Gasteiger partial charge in [-0.3, -0.25) is 9.59 Å². The molecule has 0 radical (unpaired) electrons. The topological polar surface area (TPSA) is 125 Å². The van der Waals surface area contributed by atoms with Gasteiger partial charge in [0.2, 0.25) is 11.8 Å². The second-order valence-corrected chi connectivity index (χ2v) is 10.2. The Balaban J connectivity index is 2.68. The third kappa shape index (κ3) is 9.80. The van der Waals surface area contributed by atoms with Gasteiger partial charge >= 0.3 is 12.1 Å². The number of piperidine rings is 1. The summed E-state index contributed by atoms with van der Waals surface area (Å²) in [5, 5.41) is 14.5. The Morgan fingerprint density at radius 3 is 2.13 bits per heavy atom. The van der Waals surface area contributed by atoms with E-state index >= 15 is 0 Å². The fraction of sp³-hybridized carbons (Fsp3) is 0.810. The highest BCUT2D eigenvalue weighted by Crippen LogP contribution is 2.20. The summed E-state index contributed by atoms with van der Waals surface area (Å²) in [7, 11) is 0. The van der Waals surface area contributed by atoms with Crippen molar-refractivity contribution in [3.8, 4) is 0 Å². The summed E-state index contributed by atoms with van der Waals surface area (Å²) >= 11 is 1.35. The smallest absolute Gasteiger partial charge is 0.408 e. The maximum Gasteiger partial charge on any atom is 0.408 e. The van der Waals surface area contributed by atoms with Crippen LogP contribution >= 0.6 is 11.8 Å². The number of likely N-dealkylation sites (tertiary alicyclic amines) is 1. The van der Waals surface area contributed by atoms with E-state index in [-0.39, 0.29) is 23.7 Å². The minimum Gasteiger partial charge on any atom is -0.480 e. The minimum absolute atomic E-state index is 0.191. The molecule has 1 saturated heterocycles. The average Bonchev–Trinajstić information content (AvgIpc) is 2.64. The number of thioether (sulfide) groups is 1. The second-order valence-electron chi connectivity index (χ2n) is 9.28. The van der Waals surface area contributed by atoms with Crippen molar-refractivity contribution in [1.82, 2.24) is 15.5 Å². The Kier molecular flexibility index (Phi) is 10.6. The molecule has 3 N–H and O–H groups in total. The van der Waals surface area contributed by atoms with Crippen LogP contribution in [0.1, 0.15) is 53.9 Å². The normalized spacial score (nSPS) is 17.1. The second kappa shape index (κ2) is 12.2. The number of hydrogen-bond donors (Lipinski definition) is 3. The highest BCUT2D eigenvalue weighted by Gasteiger charge is 2.33. The number of carboxylic acids is 1. The molecular formula is C21H37N3O6S. The van der Waals surface area contributed by atoms with Gasteiger partial charge in [-0.2, -0.15) is 11.8 Å². The maximum atomic E-state index is 13.0. The zero-order chi connectivity index (χ0) is 23.8. The quantitative estimate of drug-likeness (QED) is 0.482. The maximum absolute atomic E-state index is 13.0. The third-order valence-electron chi connectivity index (χ3n) is 4.82. The fourth-order valence-electron chi connectivity index (χ4n) is 3.36. The van der Waals surface area contributed by atoms with Crippen molar-refractivity contribution in [2.75, 3.05) is 25.1 Å². The van der Waals surface area contributed by atoms with Gasteiger partial charge in [0, 0.05) is 24.8 Å². The number of rotatable bonds is 9. The molecule has 0 unspecified atom stereocenters. The van der Waals surface area contributed by atoms with Gasteiger partial charge in [-0.25, -0.2) is 9.59 Å². The first-order chi connectivity index (χ1) is 14.3. The number of aliphatic carboxylic acids is 1. The monoisotopic (exact) mass is 459 g/mol. The minimum atomic E-state index is -1.06. The van der Waals surface area contributed by atoms with E-state index in [4.69, 9.17) is 4.74 Å². The molecule has 2 atom stereocenters. The number of nitrogens with one attached hydrogen (secondary N) is 2. The number of hydrogen-bond acceptors (Lipinski definition) is 6. The first-order valence-electron chi connectivity index (χ1n) is 10.6. The van der Waals surface area contributed by atoms with Crippen LogP contribution in [-0.2, 0) is 19.1 Å². The van der Waals surface area contributed by atoms with Gasteiger partial charge in [-0.1, -0.05) is 13.8 Å². The predicted molar refractivity (Wildman–Crippen MR) is 120 cm³/mol. The molecule has 0 spiro atoms. The molecule has 0 aromatic rings. The molecule has 0 aliphatic carbocycles. The van der Waals surface area contributed by atoms with E-state index in [2.05, 4.69) is 10.6 Å². The van der Waals surface area contributed by atoms with E-state index in [0.717, 1.165) is 0 Å². The summed E-state index contributed by atoms with van der Waals surface area (Å²) < 4.78 is 5.29. The SMILES string of the molecule is CSC[C@H](NC(=O)C1CCN(C(=O)[C@H](CC(C)C)NC(=O)OC(C)(C)C)CC1)C(=O)O. The number of carbonyl (C=O) groups excluding carboxylic acids is 3.